The van der Waals surface area contributed by atoms with Crippen LogP contribution in [0.2, 0.25) is 0 Å². The van der Waals surface area contributed by atoms with Crippen molar-refractivity contribution in [3.8, 4) is 17.2 Å². The van der Waals surface area contributed by atoms with Gasteiger partial charge in [0, 0.05) is 19.0 Å². The summed E-state index contributed by atoms with van der Waals surface area (Å²) in [5.74, 6) is 2.00. The normalized spacial score (nSPS) is 12.4. The molecule has 2 amide bonds. The van der Waals surface area contributed by atoms with E-state index in [1.54, 1.807) is 19.1 Å². The zero-order valence-electron chi connectivity index (χ0n) is 21.0. The van der Waals surface area contributed by atoms with Crippen molar-refractivity contribution in [2.24, 2.45) is 0 Å². The first kappa shape index (κ1) is 27.0. The molecule has 0 saturated carbocycles. The number of hydrogen-bond acceptors (Lipinski definition) is 5. The molecule has 0 heterocycles. The van der Waals surface area contributed by atoms with Gasteiger partial charge in [-0.3, -0.25) is 9.59 Å². The molecule has 0 aromatic heterocycles. The third-order valence-electron chi connectivity index (χ3n) is 5.74. The van der Waals surface area contributed by atoms with Gasteiger partial charge in [-0.1, -0.05) is 26.0 Å². The molecular weight excluding hydrogens is 432 g/mol. The van der Waals surface area contributed by atoms with Crippen LogP contribution in [0.25, 0.3) is 0 Å². The van der Waals surface area contributed by atoms with E-state index in [0.717, 1.165) is 29.2 Å². The summed E-state index contributed by atoms with van der Waals surface area (Å²) >= 11 is 0. The highest BCUT2D eigenvalue weighted by atomic mass is 16.5. The zero-order chi connectivity index (χ0) is 24.9. The van der Waals surface area contributed by atoms with Gasteiger partial charge < -0.3 is 24.4 Å². The van der Waals surface area contributed by atoms with Crippen LogP contribution in [0, 0.1) is 0 Å². The highest BCUT2D eigenvalue weighted by molar-refractivity contribution is 5.87. The van der Waals surface area contributed by atoms with E-state index >= 15 is 0 Å². The van der Waals surface area contributed by atoms with Gasteiger partial charge in [0.25, 0.3) is 0 Å². The fraction of sp³-hybridized carbons (Fsp3) is 0.481. The average Bonchev–Trinajstić information content (AvgIpc) is 2.86. The van der Waals surface area contributed by atoms with Gasteiger partial charge in [-0.05, 0) is 68.1 Å². The molecule has 34 heavy (non-hydrogen) atoms. The highest BCUT2D eigenvalue weighted by Crippen LogP contribution is 2.20. The second-order valence-corrected chi connectivity index (χ2v) is 8.24. The van der Waals surface area contributed by atoms with E-state index in [9.17, 15) is 9.59 Å². The standard InChI is InChI=1S/C27H38N2O5/c1-6-20(3)28-27(31)25(7-2)29(19-21-10-8-11-24(18-21)33-5)26(30)12-9-17-34-23-15-13-22(32-4)14-16-23/h8,10-11,13-16,18,20,25H,6-7,9,12,17,19H2,1-5H3,(H,28,31). The van der Waals surface area contributed by atoms with E-state index in [2.05, 4.69) is 5.32 Å². The molecule has 0 fully saturated rings. The fourth-order valence-corrected chi connectivity index (χ4v) is 3.56. The first-order valence-corrected chi connectivity index (χ1v) is 11.9. The van der Waals surface area contributed by atoms with Gasteiger partial charge in [-0.2, -0.15) is 0 Å². The maximum absolute atomic E-state index is 13.3. The number of methoxy groups -OCH3 is 2. The lowest BCUT2D eigenvalue weighted by Crippen LogP contribution is -2.50. The molecule has 2 aromatic carbocycles. The van der Waals surface area contributed by atoms with Crippen LogP contribution in [-0.2, 0) is 16.1 Å². The number of ether oxygens (including phenoxy) is 3. The Morgan fingerprint density at radius 2 is 1.62 bits per heavy atom. The predicted octanol–water partition coefficient (Wildman–Crippen LogP) is 4.58. The first-order chi connectivity index (χ1) is 16.4. The van der Waals surface area contributed by atoms with Crippen LogP contribution in [0.3, 0.4) is 0 Å². The van der Waals surface area contributed by atoms with Gasteiger partial charge in [0.1, 0.15) is 23.3 Å². The van der Waals surface area contributed by atoms with Crippen LogP contribution in [0.1, 0.15) is 52.0 Å². The van der Waals surface area contributed by atoms with Crippen molar-refractivity contribution in [2.75, 3.05) is 20.8 Å². The summed E-state index contributed by atoms with van der Waals surface area (Å²) in [5, 5.41) is 3.03. The van der Waals surface area contributed by atoms with E-state index < -0.39 is 6.04 Å². The minimum atomic E-state index is -0.546. The van der Waals surface area contributed by atoms with E-state index in [1.165, 1.54) is 0 Å². The molecule has 0 saturated heterocycles. The molecule has 1 N–H and O–H groups in total. The molecule has 2 unspecified atom stereocenters. The molecule has 2 atom stereocenters. The molecule has 0 bridgehead atoms. The van der Waals surface area contributed by atoms with Gasteiger partial charge >= 0.3 is 0 Å². The van der Waals surface area contributed by atoms with E-state index in [1.807, 2.05) is 69.3 Å². The van der Waals surface area contributed by atoms with E-state index in [-0.39, 0.29) is 24.3 Å². The molecule has 0 aliphatic rings. The molecule has 0 aliphatic carbocycles. The molecular formula is C27H38N2O5. The number of amides is 2. The largest absolute Gasteiger partial charge is 0.497 e. The Morgan fingerprint density at radius 1 is 0.941 bits per heavy atom. The Balaban J connectivity index is 2.07. The average molecular weight is 471 g/mol. The SMILES string of the molecule is CCC(C)NC(=O)C(CC)N(Cc1cccc(OC)c1)C(=O)CCCOc1ccc(OC)cc1. The van der Waals surface area contributed by atoms with Crippen LogP contribution in [-0.4, -0.2) is 49.6 Å². The van der Waals surface area contributed by atoms with Gasteiger partial charge in [0.15, 0.2) is 0 Å². The van der Waals surface area contributed by atoms with Crippen LogP contribution in [0.4, 0.5) is 0 Å². The summed E-state index contributed by atoms with van der Waals surface area (Å²) < 4.78 is 16.2. The molecule has 7 nitrogen and oxygen atoms in total. The highest BCUT2D eigenvalue weighted by Gasteiger charge is 2.29. The van der Waals surface area contributed by atoms with Crippen molar-refractivity contribution < 1.29 is 23.8 Å². The Labute approximate surface area is 203 Å². The van der Waals surface area contributed by atoms with Gasteiger partial charge in [0.05, 0.1) is 20.8 Å². The number of nitrogens with zero attached hydrogens (tertiary/aromatic N) is 1. The molecule has 0 aliphatic heterocycles. The van der Waals surface area contributed by atoms with Gasteiger partial charge in [0.2, 0.25) is 11.8 Å². The Bertz CT molecular complexity index is 900. The zero-order valence-corrected chi connectivity index (χ0v) is 21.0. The van der Waals surface area contributed by atoms with Gasteiger partial charge in [-0.25, -0.2) is 0 Å². The molecule has 0 radical (unpaired) electrons. The molecule has 2 rings (SSSR count). The van der Waals surface area contributed by atoms with E-state index in [4.69, 9.17) is 14.2 Å². The number of nitrogens with one attached hydrogen (secondary N) is 1. The minimum Gasteiger partial charge on any atom is -0.497 e. The summed E-state index contributed by atoms with van der Waals surface area (Å²) in [6.07, 6.45) is 2.19. The van der Waals surface area contributed by atoms with Crippen LogP contribution >= 0.6 is 0 Å². The molecule has 7 heteroatoms. The van der Waals surface area contributed by atoms with Crippen molar-refractivity contribution in [2.45, 2.75) is 65.1 Å². The summed E-state index contributed by atoms with van der Waals surface area (Å²) in [4.78, 5) is 28.0. The minimum absolute atomic E-state index is 0.0493. The topological polar surface area (TPSA) is 77.1 Å². The van der Waals surface area contributed by atoms with Crippen LogP contribution in [0.5, 0.6) is 17.2 Å². The van der Waals surface area contributed by atoms with Crippen molar-refractivity contribution in [1.82, 2.24) is 10.2 Å². The van der Waals surface area contributed by atoms with Crippen molar-refractivity contribution >= 4 is 11.8 Å². The maximum atomic E-state index is 13.3. The van der Waals surface area contributed by atoms with Crippen molar-refractivity contribution in [3.05, 3.63) is 54.1 Å². The number of hydrogen-bond donors (Lipinski definition) is 1. The van der Waals surface area contributed by atoms with E-state index in [0.29, 0.717) is 26.0 Å². The number of rotatable bonds is 14. The number of benzene rings is 2. The summed E-state index contributed by atoms with van der Waals surface area (Å²) in [6, 6.07) is 14.4. The summed E-state index contributed by atoms with van der Waals surface area (Å²) in [6.45, 7) is 6.66. The lowest BCUT2D eigenvalue weighted by Gasteiger charge is -2.31. The van der Waals surface area contributed by atoms with Crippen molar-refractivity contribution in [3.63, 3.8) is 0 Å². The lowest BCUT2D eigenvalue weighted by atomic mass is 10.1. The lowest BCUT2D eigenvalue weighted by molar-refractivity contribution is -0.141. The van der Waals surface area contributed by atoms with Crippen LogP contribution in [0.15, 0.2) is 48.5 Å². The Morgan fingerprint density at radius 3 is 2.24 bits per heavy atom. The fourth-order valence-electron chi connectivity index (χ4n) is 3.56. The second kappa shape index (κ2) is 14.1. The first-order valence-electron chi connectivity index (χ1n) is 11.9. The summed E-state index contributed by atoms with van der Waals surface area (Å²) in [5.41, 5.74) is 0.914. The quantitative estimate of drug-likeness (QED) is 0.409. The third kappa shape index (κ3) is 8.28. The third-order valence-corrected chi connectivity index (χ3v) is 5.74. The van der Waals surface area contributed by atoms with Crippen LogP contribution < -0.4 is 19.5 Å². The number of carbonyl (C=O) groups is 2. The Hall–Kier alpha value is -3.22. The van der Waals surface area contributed by atoms with Gasteiger partial charge in [-0.15, -0.1) is 0 Å². The molecule has 186 valence electrons. The molecule has 0 spiro atoms. The predicted molar refractivity (Wildman–Crippen MR) is 133 cm³/mol. The second-order valence-electron chi connectivity index (χ2n) is 8.24. The summed E-state index contributed by atoms with van der Waals surface area (Å²) in [7, 11) is 3.23. The number of carbonyl (C=O) groups excluding carboxylic acids is 2. The van der Waals surface area contributed by atoms with Crippen molar-refractivity contribution in [1.29, 1.82) is 0 Å². The monoisotopic (exact) mass is 470 g/mol. The molecule has 2 aromatic rings. The maximum Gasteiger partial charge on any atom is 0.243 e. The Kier molecular flexibility index (Phi) is 11.2. The smallest absolute Gasteiger partial charge is 0.243 e.